The first-order valence-corrected chi connectivity index (χ1v) is 15.7. The summed E-state index contributed by atoms with van der Waals surface area (Å²) in [6.07, 6.45) is 1.39. The number of imidazole rings is 1. The average molecular weight is 788 g/mol. The van der Waals surface area contributed by atoms with Gasteiger partial charge in [0.15, 0.2) is 0 Å². The van der Waals surface area contributed by atoms with Gasteiger partial charge in [-0.3, -0.25) is 16.3 Å². The summed E-state index contributed by atoms with van der Waals surface area (Å²) in [7, 11) is 0. The zero-order chi connectivity index (χ0) is 34.0. The molecule has 0 aliphatic carbocycles. The van der Waals surface area contributed by atoms with Gasteiger partial charge in [-0.2, -0.15) is 0 Å². The molecular weight excluding hydrogens is 747 g/mol. The molecule has 3 aromatic heterocycles. The Morgan fingerprint density at radius 1 is 0.867 bits per heavy atom. The van der Waals surface area contributed by atoms with Crippen molar-refractivity contribution in [3.05, 3.63) is 143 Å². The van der Waals surface area contributed by atoms with Crippen LogP contribution in [0.25, 0.3) is 43.8 Å². The van der Waals surface area contributed by atoms with Crippen molar-refractivity contribution in [1.29, 1.82) is 0 Å². The largest absolute Gasteiger partial charge is 0.360 e. The van der Waals surface area contributed by atoms with E-state index in [4.69, 9.17) is 10.5 Å². The molecule has 5 heteroatoms. The van der Waals surface area contributed by atoms with E-state index >= 15 is 0 Å². The molecule has 0 bridgehead atoms. The van der Waals surface area contributed by atoms with Crippen molar-refractivity contribution in [3.8, 4) is 22.6 Å². The Bertz CT molecular complexity index is 2140. The minimum Gasteiger partial charge on any atom is -0.360 e. The summed E-state index contributed by atoms with van der Waals surface area (Å²) in [5.74, 6) is 1.85. The molecule has 3 nitrogen and oxygen atoms in total. The molecule has 7 rings (SSSR count). The van der Waals surface area contributed by atoms with E-state index in [2.05, 4.69) is 85.1 Å². The van der Waals surface area contributed by atoms with Crippen LogP contribution in [0.2, 0.25) is 0 Å². The minimum absolute atomic E-state index is 0. The molecule has 1 radical (unpaired) electrons. The normalized spacial score (nSPS) is 12.7. The smallest absolute Gasteiger partial charge is 0.0770 e. The van der Waals surface area contributed by atoms with Crippen molar-refractivity contribution in [2.24, 2.45) is 0 Å². The summed E-state index contributed by atoms with van der Waals surface area (Å²) in [6.45, 7) is 7.78. The number of hydrogen-bond donors (Lipinski definition) is 0. The number of hydrogen-bond acceptors (Lipinski definition) is 3. The van der Waals surface area contributed by atoms with E-state index in [1.54, 1.807) is 29.5 Å². The summed E-state index contributed by atoms with van der Waals surface area (Å²) in [5.41, 5.74) is 9.21. The molecule has 229 valence electrons. The fraction of sp³-hybridized carbons (Fsp3) is 0.200. The van der Waals surface area contributed by atoms with Gasteiger partial charge in [0.05, 0.1) is 18.2 Å². The number of rotatable bonds is 6. The standard InChI is InChI=1S/C28H27N2S.C12H10N.Ir/c1-18(2)20-11-9-12-21(19(3)4)23(20)16-30-26-14-7-6-13-25(26)29-28(30)24-17-31-27-15-8-5-10-22(24)27;1-10-7-8-12(13-9-10)11-5-3-2-4-6-11;/h5-15,18-19H,16H2,1-4H3;2-5,7-9H,1H3;/q2*-1;/i8D;1D3;. The first-order chi connectivity index (χ1) is 23.0. The maximum Gasteiger partial charge on any atom is 0.0770 e. The summed E-state index contributed by atoms with van der Waals surface area (Å²) in [5, 5.41) is 4.61. The van der Waals surface area contributed by atoms with Gasteiger partial charge in [-0.25, -0.2) is 0 Å². The van der Waals surface area contributed by atoms with Crippen LogP contribution in [-0.2, 0) is 26.7 Å². The van der Waals surface area contributed by atoms with Crippen molar-refractivity contribution in [2.75, 3.05) is 0 Å². The Labute approximate surface area is 290 Å². The fourth-order valence-electron chi connectivity index (χ4n) is 5.61. The van der Waals surface area contributed by atoms with Crippen LogP contribution in [-0.4, -0.2) is 14.5 Å². The molecule has 0 saturated carbocycles. The third kappa shape index (κ3) is 7.02. The second-order valence-electron chi connectivity index (χ2n) is 11.4. The van der Waals surface area contributed by atoms with Crippen molar-refractivity contribution in [1.82, 2.24) is 14.5 Å². The van der Waals surface area contributed by atoms with Crippen LogP contribution in [0.15, 0.2) is 109 Å². The fourth-order valence-corrected chi connectivity index (χ4v) is 6.43. The van der Waals surface area contributed by atoms with Crippen LogP contribution in [0.3, 0.4) is 0 Å². The van der Waals surface area contributed by atoms with Crippen LogP contribution in [0.1, 0.15) is 67.3 Å². The van der Waals surface area contributed by atoms with Crippen molar-refractivity contribution < 1.29 is 25.6 Å². The van der Waals surface area contributed by atoms with E-state index in [1.807, 2.05) is 42.5 Å². The molecule has 0 fully saturated rings. The molecule has 3 heterocycles. The van der Waals surface area contributed by atoms with Crippen LogP contribution in [0.5, 0.6) is 0 Å². The minimum atomic E-state index is -2.09. The number of aryl methyl sites for hydroxylation is 1. The number of thiophene rings is 1. The summed E-state index contributed by atoms with van der Waals surface area (Å²) >= 11 is 1.57. The molecule has 4 aromatic carbocycles. The molecule has 7 aromatic rings. The second-order valence-corrected chi connectivity index (χ2v) is 12.3. The number of benzene rings is 4. The third-order valence-electron chi connectivity index (χ3n) is 7.79. The van der Waals surface area contributed by atoms with Crippen LogP contribution >= 0.6 is 11.3 Å². The van der Waals surface area contributed by atoms with Crippen molar-refractivity contribution in [2.45, 2.75) is 52.9 Å². The zero-order valence-electron chi connectivity index (χ0n) is 29.8. The van der Waals surface area contributed by atoms with Gasteiger partial charge in [0, 0.05) is 37.0 Å². The SMILES string of the molecule is [2H]C([2H])([2H])c1ccc(-c2[c-]cccc2)nc1.[2H]c1ccc2c(-c3nc4ccccc4n3Cc3c(C(C)C)cccc3C(C)C)[c-]sc2c1.[Ir]. The molecule has 0 atom stereocenters. The Kier molecular flexibility index (Phi) is 8.82. The van der Waals surface area contributed by atoms with E-state index in [0.717, 1.165) is 50.3 Å². The average Bonchev–Trinajstić information content (AvgIpc) is 3.65. The molecule has 0 saturated heterocycles. The van der Waals surface area contributed by atoms with E-state index < -0.39 is 6.85 Å². The Morgan fingerprint density at radius 2 is 1.64 bits per heavy atom. The zero-order valence-corrected chi connectivity index (χ0v) is 29.0. The molecule has 0 unspecified atom stereocenters. The number of fused-ring (bicyclic) bond motifs is 2. The van der Waals surface area contributed by atoms with Gasteiger partial charge in [0.2, 0.25) is 0 Å². The summed E-state index contributed by atoms with van der Waals surface area (Å²) < 4.78 is 33.1. The van der Waals surface area contributed by atoms with E-state index in [0.29, 0.717) is 17.9 Å². The van der Waals surface area contributed by atoms with Gasteiger partial charge in [0.1, 0.15) is 0 Å². The van der Waals surface area contributed by atoms with E-state index in [9.17, 15) is 0 Å². The monoisotopic (exact) mass is 788 g/mol. The van der Waals surface area contributed by atoms with Gasteiger partial charge >= 0.3 is 0 Å². The van der Waals surface area contributed by atoms with Crippen LogP contribution in [0.4, 0.5) is 0 Å². The summed E-state index contributed by atoms with van der Waals surface area (Å²) in [4.78, 5) is 9.19. The van der Waals surface area contributed by atoms with Gasteiger partial charge in [-0.15, -0.1) is 47.3 Å². The number of pyridine rings is 1. The van der Waals surface area contributed by atoms with Gasteiger partial charge in [0.25, 0.3) is 0 Å². The maximum absolute atomic E-state index is 7.97. The van der Waals surface area contributed by atoms with Gasteiger partial charge in [-0.05, 0) is 58.8 Å². The molecule has 0 aliphatic heterocycles. The first kappa shape index (κ1) is 27.4. The maximum atomic E-state index is 7.97. The van der Waals surface area contributed by atoms with E-state index in [1.165, 1.54) is 22.9 Å². The van der Waals surface area contributed by atoms with Crippen molar-refractivity contribution in [3.63, 3.8) is 0 Å². The molecule has 0 spiro atoms. The van der Waals surface area contributed by atoms with Gasteiger partial charge < -0.3 is 9.55 Å². The quantitative estimate of drug-likeness (QED) is 0.157. The van der Waals surface area contributed by atoms with Crippen LogP contribution < -0.4 is 0 Å². The Hall–Kier alpha value is -3.89. The molecule has 45 heavy (non-hydrogen) atoms. The number of aromatic nitrogens is 3. The van der Waals surface area contributed by atoms with Crippen molar-refractivity contribution >= 4 is 32.5 Å². The second kappa shape index (κ2) is 14.5. The first-order valence-electron chi connectivity index (χ1n) is 16.9. The van der Waals surface area contributed by atoms with Crippen LogP contribution in [0, 0.1) is 18.3 Å². The topological polar surface area (TPSA) is 30.7 Å². The third-order valence-corrected chi connectivity index (χ3v) is 8.66. The van der Waals surface area contributed by atoms with Gasteiger partial charge in [-0.1, -0.05) is 104 Å². The van der Waals surface area contributed by atoms with E-state index in [-0.39, 0.29) is 25.7 Å². The molecule has 0 aliphatic rings. The molecule has 0 amide bonds. The molecular formula is C40H37IrN3S-2. The predicted molar refractivity (Wildman–Crippen MR) is 186 cm³/mol. The predicted octanol–water partition coefficient (Wildman–Crippen LogP) is 10.9. The number of nitrogens with zero attached hydrogens (tertiary/aromatic N) is 3. The Balaban J connectivity index is 0.000000233. The Morgan fingerprint density at radius 3 is 2.33 bits per heavy atom. The number of para-hydroxylation sites is 2. The summed E-state index contributed by atoms with van der Waals surface area (Å²) in [6, 6.07) is 35.2. The molecule has 0 N–H and O–H groups in total.